The smallest absolute Gasteiger partial charge is 0.338 e. The van der Waals surface area contributed by atoms with Crippen LogP contribution in [0.1, 0.15) is 34.6 Å². The van der Waals surface area contributed by atoms with Crippen molar-refractivity contribution in [3.63, 3.8) is 0 Å². The summed E-state index contributed by atoms with van der Waals surface area (Å²) >= 11 is 0. The van der Waals surface area contributed by atoms with E-state index in [1.807, 2.05) is 86.6 Å². The molecule has 8 heteroatoms. The molecular formula is C37H36O8. The minimum atomic E-state index is -0.573. The standard InChI is InChI=1S/C37H36O8/c1-37(2,23-44-35(38)29-7-3-25(4-8-29)27-11-15-31(16-12-27)40-19-33-21-42-33)24-45-36(39)30-9-5-26(6-10-30)28-13-17-32(18-14-28)41-20-34-22-43-34/h3-18,33-34H,19-24H2,1-2H3. The minimum absolute atomic E-state index is 0.0978. The van der Waals surface area contributed by atoms with Gasteiger partial charge in [-0.05, 0) is 70.8 Å². The van der Waals surface area contributed by atoms with Gasteiger partial charge in [-0.15, -0.1) is 0 Å². The zero-order valence-electron chi connectivity index (χ0n) is 25.4. The molecule has 2 aliphatic rings. The van der Waals surface area contributed by atoms with Gasteiger partial charge in [-0.1, -0.05) is 62.4 Å². The monoisotopic (exact) mass is 608 g/mol. The van der Waals surface area contributed by atoms with Gasteiger partial charge in [0.05, 0.1) is 37.6 Å². The van der Waals surface area contributed by atoms with Crippen molar-refractivity contribution in [2.24, 2.45) is 5.41 Å². The largest absolute Gasteiger partial charge is 0.491 e. The predicted octanol–water partition coefficient (Wildman–Crippen LogP) is 6.62. The third-order valence-electron chi connectivity index (χ3n) is 7.48. The third kappa shape index (κ3) is 8.71. The topological polar surface area (TPSA) is 96.1 Å². The van der Waals surface area contributed by atoms with E-state index < -0.39 is 17.4 Å². The summed E-state index contributed by atoms with van der Waals surface area (Å²) in [6.07, 6.45) is 0.427. The van der Waals surface area contributed by atoms with E-state index in [0.29, 0.717) is 24.3 Å². The van der Waals surface area contributed by atoms with E-state index in [-0.39, 0.29) is 25.4 Å². The van der Waals surface area contributed by atoms with E-state index in [1.165, 1.54) is 0 Å². The maximum atomic E-state index is 12.7. The highest BCUT2D eigenvalue weighted by molar-refractivity contribution is 5.90. The number of epoxide rings is 2. The van der Waals surface area contributed by atoms with Crippen LogP contribution in [0, 0.1) is 5.41 Å². The average molecular weight is 609 g/mol. The summed E-state index contributed by atoms with van der Waals surface area (Å²) in [4.78, 5) is 25.5. The number of esters is 2. The molecular weight excluding hydrogens is 572 g/mol. The maximum Gasteiger partial charge on any atom is 0.338 e. The highest BCUT2D eigenvalue weighted by Crippen LogP contribution is 2.26. The Bertz CT molecular complexity index is 1460. The molecule has 2 atom stereocenters. The SMILES string of the molecule is CC(C)(COC(=O)c1ccc(-c2ccc(OCC3CO3)cc2)cc1)COC(=O)c1ccc(-c2ccc(OCC3CO3)cc2)cc1. The Kier molecular flexibility index (Phi) is 9.14. The van der Waals surface area contributed by atoms with Crippen molar-refractivity contribution >= 4 is 11.9 Å². The fourth-order valence-corrected chi connectivity index (χ4v) is 4.52. The van der Waals surface area contributed by atoms with E-state index in [0.717, 1.165) is 47.0 Å². The molecule has 0 bridgehead atoms. The van der Waals surface area contributed by atoms with Crippen LogP contribution in [0.2, 0.25) is 0 Å². The first-order chi connectivity index (χ1) is 21.8. The number of hydrogen-bond acceptors (Lipinski definition) is 8. The Balaban J connectivity index is 0.944. The third-order valence-corrected chi connectivity index (χ3v) is 7.48. The summed E-state index contributed by atoms with van der Waals surface area (Å²) in [6.45, 7) is 6.62. The van der Waals surface area contributed by atoms with Gasteiger partial charge in [0, 0.05) is 5.41 Å². The van der Waals surface area contributed by atoms with Crippen LogP contribution in [-0.2, 0) is 18.9 Å². The number of carbonyl (C=O) groups excluding carboxylic acids is 2. The molecule has 0 N–H and O–H groups in total. The molecule has 2 aliphatic heterocycles. The van der Waals surface area contributed by atoms with Crippen molar-refractivity contribution in [2.75, 3.05) is 39.6 Å². The van der Waals surface area contributed by atoms with Crippen LogP contribution in [0.15, 0.2) is 97.1 Å². The molecule has 0 saturated carbocycles. The Labute approximate surface area is 262 Å². The lowest BCUT2D eigenvalue weighted by molar-refractivity contribution is 0.00616. The summed E-state index contributed by atoms with van der Waals surface area (Å²) in [5.74, 6) is 0.729. The van der Waals surface area contributed by atoms with E-state index in [9.17, 15) is 9.59 Å². The number of rotatable bonds is 14. The van der Waals surface area contributed by atoms with Crippen molar-refractivity contribution in [1.82, 2.24) is 0 Å². The molecule has 6 rings (SSSR count). The van der Waals surface area contributed by atoms with Gasteiger partial charge < -0.3 is 28.4 Å². The Hall–Kier alpha value is -4.66. The molecule has 2 unspecified atom stereocenters. The molecule has 0 amide bonds. The van der Waals surface area contributed by atoms with E-state index in [1.54, 1.807) is 24.3 Å². The summed E-state index contributed by atoms with van der Waals surface area (Å²) < 4.78 is 32.9. The highest BCUT2D eigenvalue weighted by atomic mass is 16.6. The molecule has 4 aromatic rings. The molecule has 8 nitrogen and oxygen atoms in total. The number of ether oxygens (including phenoxy) is 6. The van der Waals surface area contributed by atoms with Crippen LogP contribution in [0.3, 0.4) is 0 Å². The van der Waals surface area contributed by atoms with Gasteiger partial charge in [-0.2, -0.15) is 0 Å². The van der Waals surface area contributed by atoms with Gasteiger partial charge in [0.25, 0.3) is 0 Å². The van der Waals surface area contributed by atoms with Gasteiger partial charge in [0.1, 0.15) is 36.9 Å². The zero-order valence-corrected chi connectivity index (χ0v) is 25.4. The van der Waals surface area contributed by atoms with Crippen LogP contribution in [0.5, 0.6) is 11.5 Å². The molecule has 4 aromatic carbocycles. The fourth-order valence-electron chi connectivity index (χ4n) is 4.52. The van der Waals surface area contributed by atoms with Crippen molar-refractivity contribution in [3.8, 4) is 33.8 Å². The van der Waals surface area contributed by atoms with Crippen molar-refractivity contribution < 1.29 is 38.0 Å². The van der Waals surface area contributed by atoms with Crippen LogP contribution in [-0.4, -0.2) is 63.8 Å². The first-order valence-corrected chi connectivity index (χ1v) is 15.1. The molecule has 0 aliphatic carbocycles. The van der Waals surface area contributed by atoms with Crippen LogP contribution >= 0.6 is 0 Å². The van der Waals surface area contributed by atoms with Gasteiger partial charge in [0.15, 0.2) is 0 Å². The van der Waals surface area contributed by atoms with Gasteiger partial charge >= 0.3 is 11.9 Å². The molecule has 0 spiro atoms. The number of hydrogen-bond donors (Lipinski definition) is 0. The summed E-state index contributed by atoms with van der Waals surface area (Å²) in [6, 6.07) is 30.2. The Morgan fingerprint density at radius 2 is 0.889 bits per heavy atom. The van der Waals surface area contributed by atoms with Gasteiger partial charge in [0.2, 0.25) is 0 Å². The lowest BCUT2D eigenvalue weighted by atomic mass is 9.96. The Morgan fingerprint density at radius 3 is 1.20 bits per heavy atom. The van der Waals surface area contributed by atoms with Crippen molar-refractivity contribution in [1.29, 1.82) is 0 Å². The first kappa shape index (κ1) is 30.4. The fraction of sp³-hybridized carbons (Fsp3) is 0.297. The maximum absolute atomic E-state index is 12.7. The molecule has 45 heavy (non-hydrogen) atoms. The summed E-state index contributed by atoms with van der Waals surface area (Å²) in [5.41, 5.74) is 4.31. The first-order valence-electron chi connectivity index (χ1n) is 15.1. The van der Waals surface area contributed by atoms with Crippen LogP contribution in [0.4, 0.5) is 0 Å². The molecule has 0 aromatic heterocycles. The van der Waals surface area contributed by atoms with E-state index >= 15 is 0 Å². The zero-order chi connectivity index (χ0) is 31.2. The number of carbonyl (C=O) groups is 2. The van der Waals surface area contributed by atoms with Crippen molar-refractivity contribution in [3.05, 3.63) is 108 Å². The number of benzene rings is 4. The van der Waals surface area contributed by atoms with Gasteiger partial charge in [-0.25, -0.2) is 9.59 Å². The normalized spacial score (nSPS) is 16.8. The van der Waals surface area contributed by atoms with E-state index in [4.69, 9.17) is 28.4 Å². The molecule has 2 fully saturated rings. The second-order valence-electron chi connectivity index (χ2n) is 12.1. The second kappa shape index (κ2) is 13.5. The quantitative estimate of drug-likeness (QED) is 0.117. The molecule has 2 saturated heterocycles. The van der Waals surface area contributed by atoms with E-state index in [2.05, 4.69) is 0 Å². The summed E-state index contributed by atoms with van der Waals surface area (Å²) in [5, 5.41) is 0. The minimum Gasteiger partial charge on any atom is -0.491 e. The van der Waals surface area contributed by atoms with Gasteiger partial charge in [-0.3, -0.25) is 0 Å². The summed E-state index contributed by atoms with van der Waals surface area (Å²) in [7, 11) is 0. The highest BCUT2D eigenvalue weighted by Gasteiger charge is 2.25. The van der Waals surface area contributed by atoms with Crippen LogP contribution < -0.4 is 9.47 Å². The molecule has 2 heterocycles. The second-order valence-corrected chi connectivity index (χ2v) is 12.1. The average Bonchev–Trinajstić information content (AvgIpc) is 4.01. The molecule has 0 radical (unpaired) electrons. The predicted molar refractivity (Wildman–Crippen MR) is 169 cm³/mol. The van der Waals surface area contributed by atoms with Crippen LogP contribution in [0.25, 0.3) is 22.3 Å². The molecule has 232 valence electrons. The Morgan fingerprint density at radius 1 is 0.578 bits per heavy atom. The lowest BCUT2D eigenvalue weighted by Gasteiger charge is -2.23. The lowest BCUT2D eigenvalue weighted by Crippen LogP contribution is -2.28. The van der Waals surface area contributed by atoms with Crippen molar-refractivity contribution in [2.45, 2.75) is 26.1 Å².